The van der Waals surface area contributed by atoms with Crippen molar-refractivity contribution in [2.45, 2.75) is 0 Å². The fourth-order valence-corrected chi connectivity index (χ4v) is 4.87. The summed E-state index contributed by atoms with van der Waals surface area (Å²) < 4.78 is 11.1. The maximum atomic E-state index is 13.0. The zero-order valence-corrected chi connectivity index (χ0v) is 19.4. The Bertz CT molecular complexity index is 1290. The van der Waals surface area contributed by atoms with Crippen molar-refractivity contribution in [3.63, 3.8) is 0 Å². The zero-order chi connectivity index (χ0) is 23.5. The number of nitrogens with zero attached hydrogens (tertiary/aromatic N) is 2. The van der Waals surface area contributed by atoms with Crippen LogP contribution in [0.15, 0.2) is 64.9 Å². The first-order valence-electron chi connectivity index (χ1n) is 9.33. The van der Waals surface area contributed by atoms with Crippen LogP contribution in [-0.2, 0) is 4.79 Å². The minimum Gasteiger partial charge on any atom is -0.493 e. The van der Waals surface area contributed by atoms with E-state index in [1.807, 2.05) is 0 Å². The van der Waals surface area contributed by atoms with Gasteiger partial charge in [0.05, 0.1) is 22.6 Å². The van der Waals surface area contributed by atoms with Crippen molar-refractivity contribution >= 4 is 69.0 Å². The number of rotatable bonds is 6. The first-order chi connectivity index (χ1) is 15.9. The highest BCUT2D eigenvalue weighted by atomic mass is 32.2. The Morgan fingerprint density at radius 1 is 1.15 bits per heavy atom. The van der Waals surface area contributed by atoms with Gasteiger partial charge >= 0.3 is 5.97 Å². The molecule has 0 saturated carbocycles. The number of methoxy groups -OCH3 is 1. The number of carbonyl (C=O) groups excluding carboxylic acids is 2. The van der Waals surface area contributed by atoms with Crippen molar-refractivity contribution in [1.29, 1.82) is 0 Å². The van der Waals surface area contributed by atoms with Crippen molar-refractivity contribution in [2.24, 2.45) is 0 Å². The lowest BCUT2D eigenvalue weighted by Crippen LogP contribution is -2.27. The Balaban J connectivity index is 1.56. The maximum Gasteiger partial charge on any atom is 0.353 e. The molecule has 8 nitrogen and oxygen atoms in total. The van der Waals surface area contributed by atoms with Crippen LogP contribution >= 0.6 is 35.3 Å². The van der Waals surface area contributed by atoms with Gasteiger partial charge in [-0.25, -0.2) is 4.79 Å². The number of anilines is 1. The molecular weight excluding hydrogens is 484 g/mol. The molecule has 33 heavy (non-hydrogen) atoms. The number of hydrogen-bond donors (Lipinski definition) is 0. The molecule has 1 fully saturated rings. The Morgan fingerprint density at radius 3 is 2.55 bits per heavy atom. The van der Waals surface area contributed by atoms with Crippen LogP contribution in [0.3, 0.4) is 0 Å². The van der Waals surface area contributed by atoms with Gasteiger partial charge in [0.2, 0.25) is 0 Å². The lowest BCUT2D eigenvalue weighted by molar-refractivity contribution is -0.384. The van der Waals surface area contributed by atoms with Crippen LogP contribution in [0.4, 0.5) is 11.4 Å². The predicted octanol–water partition coefficient (Wildman–Crippen LogP) is 5.29. The quantitative estimate of drug-likeness (QED) is 0.113. The molecule has 1 aliphatic rings. The number of hydrogen-bond acceptors (Lipinski definition) is 9. The van der Waals surface area contributed by atoms with Crippen LogP contribution in [0.1, 0.15) is 15.2 Å². The summed E-state index contributed by atoms with van der Waals surface area (Å²) in [7, 11) is 1.45. The maximum absolute atomic E-state index is 13.0. The third kappa shape index (κ3) is 4.80. The van der Waals surface area contributed by atoms with E-state index in [0.717, 1.165) is 11.8 Å². The van der Waals surface area contributed by atoms with Crippen LogP contribution in [0.5, 0.6) is 11.5 Å². The van der Waals surface area contributed by atoms with E-state index in [2.05, 4.69) is 0 Å². The Kier molecular flexibility index (Phi) is 6.54. The van der Waals surface area contributed by atoms with Crippen LogP contribution < -0.4 is 14.4 Å². The highest BCUT2D eigenvalue weighted by molar-refractivity contribution is 8.27. The second kappa shape index (κ2) is 9.53. The van der Waals surface area contributed by atoms with E-state index in [9.17, 15) is 19.7 Å². The molecule has 11 heteroatoms. The van der Waals surface area contributed by atoms with Crippen LogP contribution in [0.2, 0.25) is 0 Å². The highest BCUT2D eigenvalue weighted by Gasteiger charge is 2.33. The predicted molar refractivity (Wildman–Crippen MR) is 131 cm³/mol. The van der Waals surface area contributed by atoms with Gasteiger partial charge in [0.25, 0.3) is 11.6 Å². The topological polar surface area (TPSA) is 99.0 Å². The highest BCUT2D eigenvalue weighted by Crippen LogP contribution is 2.37. The van der Waals surface area contributed by atoms with Gasteiger partial charge in [-0.05, 0) is 47.4 Å². The SMILES string of the molecule is COc1cc(C=C2SC(=S)N(c3ccc([N+](=O)[O-])cc3)C2=O)ccc1OC(=O)c1cccs1. The summed E-state index contributed by atoms with van der Waals surface area (Å²) in [5.41, 5.74) is 1.01. The molecular formula is C22H14N2O6S3. The second-order valence-electron chi connectivity index (χ2n) is 6.57. The molecule has 3 aromatic rings. The normalized spacial score (nSPS) is 14.6. The number of ether oxygens (including phenoxy) is 2. The molecule has 0 spiro atoms. The lowest BCUT2D eigenvalue weighted by Gasteiger charge is -2.14. The number of amides is 1. The molecule has 2 aromatic carbocycles. The summed E-state index contributed by atoms with van der Waals surface area (Å²) in [6.45, 7) is 0. The first kappa shape index (κ1) is 22.6. The van der Waals surface area contributed by atoms with Gasteiger partial charge in [0.1, 0.15) is 4.88 Å². The van der Waals surface area contributed by atoms with E-state index in [1.54, 1.807) is 41.8 Å². The molecule has 1 saturated heterocycles. The molecule has 2 heterocycles. The molecule has 0 unspecified atom stereocenters. The minimum absolute atomic E-state index is 0.0771. The molecule has 1 aliphatic heterocycles. The molecule has 0 N–H and O–H groups in total. The van der Waals surface area contributed by atoms with Crippen molar-refractivity contribution in [3.8, 4) is 11.5 Å². The average Bonchev–Trinajstić information content (AvgIpc) is 3.43. The van der Waals surface area contributed by atoms with E-state index < -0.39 is 10.9 Å². The number of thiophene rings is 1. The molecule has 0 radical (unpaired) electrons. The standard InChI is InChI=1S/C22H14N2O6S3/c1-29-17-11-13(4-9-16(17)30-21(26)18-3-2-10-32-18)12-19-20(25)23(22(31)33-19)14-5-7-15(8-6-14)24(27)28/h2-12H,1H3. The van der Waals surface area contributed by atoms with Gasteiger partial charge < -0.3 is 9.47 Å². The number of nitro benzene ring substituents is 1. The monoisotopic (exact) mass is 498 g/mol. The van der Waals surface area contributed by atoms with Crippen molar-refractivity contribution in [3.05, 3.63) is 85.4 Å². The Hall–Kier alpha value is -3.54. The van der Waals surface area contributed by atoms with E-state index in [4.69, 9.17) is 21.7 Å². The number of esters is 1. The fraction of sp³-hybridized carbons (Fsp3) is 0.0455. The molecule has 0 bridgehead atoms. The smallest absolute Gasteiger partial charge is 0.353 e. The molecule has 1 aromatic heterocycles. The van der Waals surface area contributed by atoms with Crippen LogP contribution in [-0.4, -0.2) is 28.2 Å². The summed E-state index contributed by atoms with van der Waals surface area (Å²) in [5, 5.41) is 12.6. The van der Waals surface area contributed by atoms with Gasteiger partial charge in [0, 0.05) is 12.1 Å². The number of thiocarbonyl (C=S) groups is 1. The third-order valence-electron chi connectivity index (χ3n) is 4.52. The summed E-state index contributed by atoms with van der Waals surface area (Å²) in [6.07, 6.45) is 1.65. The van der Waals surface area contributed by atoms with Crippen molar-refractivity contribution in [1.82, 2.24) is 0 Å². The molecule has 4 rings (SSSR count). The van der Waals surface area contributed by atoms with Gasteiger partial charge in [-0.2, -0.15) is 0 Å². The zero-order valence-electron chi connectivity index (χ0n) is 16.9. The lowest BCUT2D eigenvalue weighted by atomic mass is 10.1. The fourth-order valence-electron chi connectivity index (χ4n) is 2.97. The summed E-state index contributed by atoms with van der Waals surface area (Å²) >= 11 is 7.74. The van der Waals surface area contributed by atoms with Gasteiger partial charge in [0.15, 0.2) is 15.8 Å². The van der Waals surface area contributed by atoms with Gasteiger partial charge in [-0.3, -0.25) is 19.8 Å². The molecule has 166 valence electrons. The van der Waals surface area contributed by atoms with E-state index >= 15 is 0 Å². The summed E-state index contributed by atoms with van der Waals surface area (Å²) in [5.74, 6) is -0.239. The van der Waals surface area contributed by atoms with E-state index in [1.165, 1.54) is 47.6 Å². The van der Waals surface area contributed by atoms with Crippen molar-refractivity contribution < 1.29 is 24.0 Å². The number of benzene rings is 2. The van der Waals surface area contributed by atoms with Crippen LogP contribution in [0.25, 0.3) is 6.08 Å². The molecule has 1 amide bonds. The second-order valence-corrected chi connectivity index (χ2v) is 9.19. The average molecular weight is 499 g/mol. The molecule has 0 aliphatic carbocycles. The van der Waals surface area contributed by atoms with E-state index in [0.29, 0.717) is 31.1 Å². The Labute approximate surface area is 201 Å². The van der Waals surface area contributed by atoms with Crippen molar-refractivity contribution in [2.75, 3.05) is 12.0 Å². The summed E-state index contributed by atoms with van der Waals surface area (Å²) in [4.78, 5) is 37.7. The first-order valence-corrected chi connectivity index (χ1v) is 11.4. The molecule has 0 atom stereocenters. The van der Waals surface area contributed by atoms with E-state index in [-0.39, 0.29) is 17.3 Å². The largest absolute Gasteiger partial charge is 0.493 e. The third-order valence-corrected chi connectivity index (χ3v) is 6.67. The number of thioether (sulfide) groups is 1. The number of carbonyl (C=O) groups is 2. The Morgan fingerprint density at radius 2 is 1.91 bits per heavy atom. The number of non-ortho nitro benzene ring substituents is 1. The van der Waals surface area contributed by atoms with Crippen LogP contribution in [0, 0.1) is 10.1 Å². The minimum atomic E-state index is -0.511. The van der Waals surface area contributed by atoms with Gasteiger partial charge in [-0.1, -0.05) is 36.1 Å². The summed E-state index contributed by atoms with van der Waals surface area (Å²) in [6, 6.07) is 13.9. The van der Waals surface area contributed by atoms with Gasteiger partial charge in [-0.15, -0.1) is 11.3 Å². The number of nitro groups is 1.